The zero-order valence-corrected chi connectivity index (χ0v) is 11.3. The highest BCUT2D eigenvalue weighted by molar-refractivity contribution is 5.76. The fraction of sp³-hybridized carbons (Fsp3) is 0.533. The number of nitrogens with two attached hydrogens (primary N) is 1. The maximum atomic E-state index is 5.79. The van der Waals surface area contributed by atoms with Crippen molar-refractivity contribution in [3.63, 3.8) is 0 Å². The summed E-state index contributed by atoms with van der Waals surface area (Å²) in [6.07, 6.45) is 6.65. The Morgan fingerprint density at radius 3 is 2.63 bits per heavy atom. The molecule has 0 atom stereocenters. The molecule has 4 nitrogen and oxygen atoms in total. The number of nitrogen functional groups attached to an aromatic ring is 1. The Morgan fingerprint density at radius 2 is 1.84 bits per heavy atom. The molecule has 0 radical (unpaired) electrons. The molecule has 0 spiro atoms. The van der Waals surface area contributed by atoms with Crippen molar-refractivity contribution in [2.24, 2.45) is 0 Å². The Hall–Kier alpha value is -1.55. The third-order valence-corrected chi connectivity index (χ3v) is 3.76. The highest BCUT2D eigenvalue weighted by atomic mass is 16.3. The van der Waals surface area contributed by atoms with Gasteiger partial charge in [0, 0.05) is 11.8 Å². The number of hydrogen-bond donors (Lipinski definition) is 1. The summed E-state index contributed by atoms with van der Waals surface area (Å²) in [7, 11) is 0. The van der Waals surface area contributed by atoms with Gasteiger partial charge < -0.3 is 10.2 Å². The molecule has 1 aliphatic heterocycles. The molecule has 2 N–H and O–H groups in total. The number of hydrogen-bond acceptors (Lipinski definition) is 4. The second kappa shape index (κ2) is 5.61. The van der Waals surface area contributed by atoms with Crippen molar-refractivity contribution in [1.82, 2.24) is 9.88 Å². The van der Waals surface area contributed by atoms with Gasteiger partial charge in [0.1, 0.15) is 5.52 Å². The molecule has 2 heterocycles. The second-order valence-corrected chi connectivity index (χ2v) is 5.38. The fourth-order valence-electron chi connectivity index (χ4n) is 2.72. The number of nitrogens with zero attached hydrogens (tertiary/aromatic N) is 2. The minimum Gasteiger partial charge on any atom is -0.439 e. The Bertz CT molecular complexity index is 541. The number of benzene rings is 1. The molecule has 0 saturated carbocycles. The normalized spacial score (nSPS) is 18.3. The number of oxazole rings is 1. The monoisotopic (exact) mass is 259 g/mol. The van der Waals surface area contributed by atoms with Gasteiger partial charge >= 0.3 is 0 Å². The first-order valence-electron chi connectivity index (χ1n) is 7.18. The summed E-state index contributed by atoms with van der Waals surface area (Å²) in [5, 5.41) is 0. The predicted molar refractivity (Wildman–Crippen MR) is 76.8 cm³/mol. The van der Waals surface area contributed by atoms with Gasteiger partial charge in [-0.3, -0.25) is 4.90 Å². The maximum Gasteiger partial charge on any atom is 0.209 e. The molecular formula is C15H21N3O. The Kier molecular flexibility index (Phi) is 3.69. The molecule has 0 bridgehead atoms. The molecule has 4 heteroatoms. The van der Waals surface area contributed by atoms with Gasteiger partial charge in [-0.2, -0.15) is 0 Å². The summed E-state index contributed by atoms with van der Waals surface area (Å²) in [5.74, 6) is 0.807. The standard InChI is InChI=1S/C15H21N3O/c16-12-6-7-13-14(10-12)19-15(17-13)11-18-8-4-2-1-3-5-9-18/h6-7,10H,1-5,8-9,11,16H2. The van der Waals surface area contributed by atoms with E-state index in [4.69, 9.17) is 10.2 Å². The number of rotatable bonds is 2. The minimum atomic E-state index is 0.724. The minimum absolute atomic E-state index is 0.724. The van der Waals surface area contributed by atoms with Crippen molar-refractivity contribution in [3.8, 4) is 0 Å². The highest BCUT2D eigenvalue weighted by Crippen LogP contribution is 2.20. The van der Waals surface area contributed by atoms with E-state index in [0.29, 0.717) is 0 Å². The molecule has 1 fully saturated rings. The van der Waals surface area contributed by atoms with Crippen LogP contribution in [0.4, 0.5) is 5.69 Å². The van der Waals surface area contributed by atoms with Gasteiger partial charge in [0.15, 0.2) is 5.58 Å². The summed E-state index contributed by atoms with van der Waals surface area (Å²) in [4.78, 5) is 6.99. The van der Waals surface area contributed by atoms with E-state index in [1.807, 2.05) is 18.2 Å². The quantitative estimate of drug-likeness (QED) is 0.842. The molecule has 2 aromatic rings. The molecule has 1 aromatic heterocycles. The molecule has 102 valence electrons. The third-order valence-electron chi connectivity index (χ3n) is 3.76. The smallest absolute Gasteiger partial charge is 0.209 e. The van der Waals surface area contributed by atoms with Crippen LogP contribution in [0.3, 0.4) is 0 Å². The van der Waals surface area contributed by atoms with Crippen molar-refractivity contribution < 1.29 is 4.42 Å². The van der Waals surface area contributed by atoms with Crippen molar-refractivity contribution in [3.05, 3.63) is 24.1 Å². The lowest BCUT2D eigenvalue weighted by atomic mass is 10.1. The predicted octanol–water partition coefficient (Wildman–Crippen LogP) is 3.18. The van der Waals surface area contributed by atoms with Gasteiger partial charge in [-0.1, -0.05) is 19.3 Å². The summed E-state index contributed by atoms with van der Waals surface area (Å²) in [6, 6.07) is 5.63. The summed E-state index contributed by atoms with van der Waals surface area (Å²) < 4.78 is 5.79. The molecule has 0 aliphatic carbocycles. The first kappa shape index (κ1) is 12.5. The van der Waals surface area contributed by atoms with Gasteiger partial charge in [0.05, 0.1) is 6.54 Å². The van der Waals surface area contributed by atoms with Gasteiger partial charge in [-0.25, -0.2) is 4.98 Å². The van der Waals surface area contributed by atoms with E-state index in [9.17, 15) is 0 Å². The van der Waals surface area contributed by atoms with Crippen LogP contribution >= 0.6 is 0 Å². The van der Waals surface area contributed by atoms with Crippen LogP contribution in [0.5, 0.6) is 0 Å². The lowest BCUT2D eigenvalue weighted by Gasteiger charge is -2.22. The molecule has 3 rings (SSSR count). The lowest BCUT2D eigenvalue weighted by Crippen LogP contribution is -2.26. The SMILES string of the molecule is Nc1ccc2nc(CN3CCCCCCC3)oc2c1. The molecule has 1 aliphatic rings. The lowest BCUT2D eigenvalue weighted by molar-refractivity contribution is 0.220. The van der Waals surface area contributed by atoms with Gasteiger partial charge in [0.2, 0.25) is 5.89 Å². The topological polar surface area (TPSA) is 55.3 Å². The molecule has 0 amide bonds. The first-order valence-corrected chi connectivity index (χ1v) is 7.18. The van der Waals surface area contributed by atoms with Crippen LogP contribution < -0.4 is 5.73 Å². The number of aromatic nitrogens is 1. The fourth-order valence-corrected chi connectivity index (χ4v) is 2.72. The zero-order chi connectivity index (χ0) is 13.1. The van der Waals surface area contributed by atoms with Gasteiger partial charge in [-0.05, 0) is 38.1 Å². The third kappa shape index (κ3) is 3.07. The maximum absolute atomic E-state index is 5.79. The van der Waals surface area contributed by atoms with Crippen LogP contribution in [0.25, 0.3) is 11.1 Å². The number of fused-ring (bicyclic) bond motifs is 1. The first-order chi connectivity index (χ1) is 9.31. The van der Waals surface area contributed by atoms with Crippen LogP contribution in [-0.4, -0.2) is 23.0 Å². The van der Waals surface area contributed by atoms with Crippen molar-refractivity contribution in [1.29, 1.82) is 0 Å². The summed E-state index contributed by atoms with van der Waals surface area (Å²) >= 11 is 0. The van der Waals surface area contributed by atoms with Crippen LogP contribution in [0.1, 0.15) is 38.0 Å². The van der Waals surface area contributed by atoms with Crippen LogP contribution in [0, 0.1) is 0 Å². The van der Waals surface area contributed by atoms with Gasteiger partial charge in [-0.15, -0.1) is 0 Å². The van der Waals surface area contributed by atoms with Crippen molar-refractivity contribution in [2.75, 3.05) is 18.8 Å². The number of anilines is 1. The van der Waals surface area contributed by atoms with E-state index >= 15 is 0 Å². The Morgan fingerprint density at radius 1 is 1.11 bits per heavy atom. The van der Waals surface area contributed by atoms with Crippen molar-refractivity contribution in [2.45, 2.75) is 38.6 Å². The molecule has 1 aromatic carbocycles. The molecular weight excluding hydrogens is 238 g/mol. The van der Waals surface area contributed by atoms with E-state index in [2.05, 4.69) is 9.88 Å². The molecule has 1 saturated heterocycles. The zero-order valence-electron chi connectivity index (χ0n) is 11.3. The van der Waals surface area contributed by atoms with E-state index in [1.54, 1.807) is 0 Å². The Labute approximate surface area is 113 Å². The number of likely N-dealkylation sites (tertiary alicyclic amines) is 1. The van der Waals surface area contributed by atoms with E-state index < -0.39 is 0 Å². The Balaban J connectivity index is 1.72. The van der Waals surface area contributed by atoms with Crippen LogP contribution in [-0.2, 0) is 6.54 Å². The van der Waals surface area contributed by atoms with E-state index in [1.165, 1.54) is 32.1 Å². The van der Waals surface area contributed by atoms with E-state index in [0.717, 1.165) is 42.3 Å². The summed E-state index contributed by atoms with van der Waals surface area (Å²) in [5.41, 5.74) is 8.17. The van der Waals surface area contributed by atoms with Crippen LogP contribution in [0.15, 0.2) is 22.6 Å². The average molecular weight is 259 g/mol. The molecule has 19 heavy (non-hydrogen) atoms. The van der Waals surface area contributed by atoms with Crippen LogP contribution in [0.2, 0.25) is 0 Å². The largest absolute Gasteiger partial charge is 0.439 e. The highest BCUT2D eigenvalue weighted by Gasteiger charge is 2.12. The van der Waals surface area contributed by atoms with E-state index in [-0.39, 0.29) is 0 Å². The second-order valence-electron chi connectivity index (χ2n) is 5.38. The van der Waals surface area contributed by atoms with Gasteiger partial charge in [0.25, 0.3) is 0 Å². The average Bonchev–Trinajstić information content (AvgIpc) is 2.74. The summed E-state index contributed by atoms with van der Waals surface area (Å²) in [6.45, 7) is 3.12. The van der Waals surface area contributed by atoms with Crippen molar-refractivity contribution >= 4 is 16.8 Å². The molecule has 0 unspecified atom stereocenters.